The van der Waals surface area contributed by atoms with Crippen LogP contribution in [0, 0.1) is 11.6 Å². The van der Waals surface area contributed by atoms with Gasteiger partial charge in [0.2, 0.25) is 0 Å². The Hall–Kier alpha value is -2.96. The van der Waals surface area contributed by atoms with Gasteiger partial charge in [-0.15, -0.1) is 0 Å². The van der Waals surface area contributed by atoms with Crippen LogP contribution in [0.2, 0.25) is 0 Å². The predicted octanol–water partition coefficient (Wildman–Crippen LogP) is 2.92. The monoisotopic (exact) mass is 374 g/mol. The van der Waals surface area contributed by atoms with Crippen LogP contribution in [0.15, 0.2) is 47.5 Å². The summed E-state index contributed by atoms with van der Waals surface area (Å²) in [7, 11) is 3.41. The smallest absolute Gasteiger partial charge is 0.253 e. The number of carbonyl (C=O) groups excluding carboxylic acids is 1. The highest BCUT2D eigenvalue weighted by Gasteiger charge is 2.08. The van der Waals surface area contributed by atoms with Gasteiger partial charge in [-0.25, -0.2) is 13.8 Å². The lowest BCUT2D eigenvalue weighted by molar-refractivity contribution is 0.0827. The van der Waals surface area contributed by atoms with E-state index in [0.29, 0.717) is 24.6 Å². The zero-order chi connectivity index (χ0) is 19.8. The highest BCUT2D eigenvalue weighted by molar-refractivity contribution is 5.93. The van der Waals surface area contributed by atoms with E-state index in [2.05, 4.69) is 15.6 Å². The minimum Gasteiger partial charge on any atom is -0.357 e. The highest BCUT2D eigenvalue weighted by atomic mass is 19.1. The van der Waals surface area contributed by atoms with Gasteiger partial charge in [0, 0.05) is 38.3 Å². The molecular formula is C20H24F2N4O. The number of nitrogens with one attached hydrogen (secondary N) is 2. The lowest BCUT2D eigenvalue weighted by atomic mass is 10.1. The fourth-order valence-corrected chi connectivity index (χ4v) is 2.38. The highest BCUT2D eigenvalue weighted by Crippen LogP contribution is 2.10. The summed E-state index contributed by atoms with van der Waals surface area (Å²) in [6.07, 6.45) is 0. The van der Waals surface area contributed by atoms with E-state index in [1.165, 1.54) is 4.90 Å². The zero-order valence-corrected chi connectivity index (χ0v) is 15.7. The van der Waals surface area contributed by atoms with Gasteiger partial charge in [-0.2, -0.15) is 0 Å². The van der Waals surface area contributed by atoms with Crippen LogP contribution in [-0.4, -0.2) is 37.4 Å². The van der Waals surface area contributed by atoms with Gasteiger partial charge in [0.05, 0.1) is 6.54 Å². The summed E-state index contributed by atoms with van der Waals surface area (Å²) < 4.78 is 27.0. The van der Waals surface area contributed by atoms with Gasteiger partial charge in [0.25, 0.3) is 5.91 Å². The fourth-order valence-electron chi connectivity index (χ4n) is 2.38. The standard InChI is InChI=1S/C20H24F2N4O/c1-4-23-20(25-13-16-11-17(21)9-10-18(16)22)24-12-14-5-7-15(8-6-14)19(27)26(2)3/h5-11H,4,12-13H2,1-3H3,(H2,23,24,25). The van der Waals surface area contributed by atoms with Gasteiger partial charge in [0.1, 0.15) is 11.6 Å². The molecule has 0 aliphatic rings. The number of amides is 1. The summed E-state index contributed by atoms with van der Waals surface area (Å²) in [6, 6.07) is 10.6. The Bertz CT molecular complexity index is 804. The number of hydrogen-bond acceptors (Lipinski definition) is 2. The molecular weight excluding hydrogens is 350 g/mol. The molecule has 0 radical (unpaired) electrons. The Morgan fingerprint density at radius 3 is 2.41 bits per heavy atom. The summed E-state index contributed by atoms with van der Waals surface area (Å²) in [6.45, 7) is 3.05. The maximum atomic E-state index is 13.7. The molecule has 2 rings (SSSR count). The molecule has 0 aliphatic carbocycles. The van der Waals surface area contributed by atoms with Crippen LogP contribution in [0.1, 0.15) is 28.4 Å². The molecule has 7 heteroatoms. The molecule has 0 saturated heterocycles. The van der Waals surface area contributed by atoms with Crippen LogP contribution >= 0.6 is 0 Å². The first kappa shape index (κ1) is 20.4. The van der Waals surface area contributed by atoms with Crippen LogP contribution in [0.5, 0.6) is 0 Å². The first-order chi connectivity index (χ1) is 12.9. The Morgan fingerprint density at radius 2 is 1.78 bits per heavy atom. The van der Waals surface area contributed by atoms with E-state index >= 15 is 0 Å². The first-order valence-electron chi connectivity index (χ1n) is 8.67. The summed E-state index contributed by atoms with van der Waals surface area (Å²) >= 11 is 0. The molecule has 0 fully saturated rings. The van der Waals surface area contributed by atoms with E-state index in [0.717, 1.165) is 23.8 Å². The zero-order valence-electron chi connectivity index (χ0n) is 15.7. The number of hydrogen-bond donors (Lipinski definition) is 2. The third kappa shape index (κ3) is 6.06. The summed E-state index contributed by atoms with van der Waals surface area (Å²) in [5, 5.41) is 6.05. The van der Waals surface area contributed by atoms with Crippen molar-refractivity contribution in [2.45, 2.75) is 20.0 Å². The molecule has 0 atom stereocenters. The largest absolute Gasteiger partial charge is 0.357 e. The number of nitrogens with zero attached hydrogens (tertiary/aromatic N) is 2. The summed E-state index contributed by atoms with van der Waals surface area (Å²) in [5.41, 5.74) is 1.77. The van der Waals surface area contributed by atoms with E-state index in [1.807, 2.05) is 19.1 Å². The van der Waals surface area contributed by atoms with Gasteiger partial charge in [0.15, 0.2) is 5.96 Å². The molecule has 2 aromatic rings. The van der Waals surface area contributed by atoms with E-state index in [9.17, 15) is 13.6 Å². The van der Waals surface area contributed by atoms with Crippen LogP contribution in [0.25, 0.3) is 0 Å². The lowest BCUT2D eigenvalue weighted by Crippen LogP contribution is -2.37. The van der Waals surface area contributed by atoms with Crippen molar-refractivity contribution in [3.8, 4) is 0 Å². The van der Waals surface area contributed by atoms with Crippen molar-refractivity contribution in [1.82, 2.24) is 15.5 Å². The Morgan fingerprint density at radius 1 is 1.07 bits per heavy atom. The topological polar surface area (TPSA) is 56.7 Å². The lowest BCUT2D eigenvalue weighted by Gasteiger charge is -2.12. The van der Waals surface area contributed by atoms with Crippen molar-refractivity contribution in [3.05, 3.63) is 70.8 Å². The van der Waals surface area contributed by atoms with Gasteiger partial charge in [-0.1, -0.05) is 12.1 Å². The average Bonchev–Trinajstić information content (AvgIpc) is 2.66. The summed E-state index contributed by atoms with van der Waals surface area (Å²) in [5.74, 6) is -0.518. The third-order valence-electron chi connectivity index (χ3n) is 3.83. The van der Waals surface area contributed by atoms with E-state index in [1.54, 1.807) is 26.2 Å². The first-order valence-corrected chi connectivity index (χ1v) is 8.67. The van der Waals surface area contributed by atoms with Crippen molar-refractivity contribution in [3.63, 3.8) is 0 Å². The van der Waals surface area contributed by atoms with Gasteiger partial charge >= 0.3 is 0 Å². The molecule has 0 saturated carbocycles. The quantitative estimate of drug-likeness (QED) is 0.604. The molecule has 5 nitrogen and oxygen atoms in total. The molecule has 0 bridgehead atoms. The van der Waals surface area contributed by atoms with Crippen molar-refractivity contribution in [2.75, 3.05) is 20.6 Å². The normalized spacial score (nSPS) is 11.2. The molecule has 0 spiro atoms. The van der Waals surface area contributed by atoms with Gasteiger partial charge < -0.3 is 15.5 Å². The SMILES string of the molecule is CCNC(=NCc1ccc(C(=O)N(C)C)cc1)NCc1cc(F)ccc1F. The number of guanidine groups is 1. The predicted molar refractivity (Wildman–Crippen MR) is 102 cm³/mol. The van der Waals surface area contributed by atoms with Crippen LogP contribution < -0.4 is 10.6 Å². The second-order valence-corrected chi connectivity index (χ2v) is 6.18. The summed E-state index contributed by atoms with van der Waals surface area (Å²) in [4.78, 5) is 17.9. The van der Waals surface area contributed by atoms with Crippen molar-refractivity contribution in [2.24, 2.45) is 4.99 Å². The van der Waals surface area contributed by atoms with Crippen LogP contribution in [0.4, 0.5) is 8.78 Å². The molecule has 0 aliphatic heterocycles. The molecule has 27 heavy (non-hydrogen) atoms. The van der Waals surface area contributed by atoms with Gasteiger partial charge in [-0.3, -0.25) is 4.79 Å². The minimum atomic E-state index is -0.484. The average molecular weight is 374 g/mol. The van der Waals surface area contributed by atoms with E-state index in [-0.39, 0.29) is 18.0 Å². The van der Waals surface area contributed by atoms with Gasteiger partial charge in [-0.05, 0) is 42.8 Å². The number of rotatable bonds is 6. The molecule has 0 unspecified atom stereocenters. The Labute approximate surface area is 158 Å². The second-order valence-electron chi connectivity index (χ2n) is 6.18. The number of halogens is 2. The van der Waals surface area contributed by atoms with Crippen molar-refractivity contribution >= 4 is 11.9 Å². The van der Waals surface area contributed by atoms with E-state index < -0.39 is 11.6 Å². The van der Waals surface area contributed by atoms with Crippen LogP contribution in [0.3, 0.4) is 0 Å². The number of benzene rings is 2. The molecule has 144 valence electrons. The maximum absolute atomic E-state index is 13.7. The molecule has 0 aromatic heterocycles. The van der Waals surface area contributed by atoms with Crippen molar-refractivity contribution < 1.29 is 13.6 Å². The third-order valence-corrected chi connectivity index (χ3v) is 3.83. The Balaban J connectivity index is 2.02. The number of aliphatic imine (C=N–C) groups is 1. The Kier molecular flexibility index (Phi) is 7.28. The maximum Gasteiger partial charge on any atom is 0.253 e. The second kappa shape index (κ2) is 9.66. The van der Waals surface area contributed by atoms with Crippen molar-refractivity contribution in [1.29, 1.82) is 0 Å². The molecule has 2 N–H and O–H groups in total. The molecule has 1 amide bonds. The molecule has 2 aromatic carbocycles. The molecule has 0 heterocycles. The van der Waals surface area contributed by atoms with Crippen LogP contribution in [-0.2, 0) is 13.1 Å². The van der Waals surface area contributed by atoms with E-state index in [4.69, 9.17) is 0 Å². The number of carbonyl (C=O) groups is 1. The minimum absolute atomic E-state index is 0.0582. The fraction of sp³-hybridized carbons (Fsp3) is 0.300.